The van der Waals surface area contributed by atoms with Gasteiger partial charge in [-0.25, -0.2) is 14.8 Å². The number of hydrogen-bond donors (Lipinski definition) is 2. The minimum atomic E-state index is -0.589. The van der Waals surface area contributed by atoms with Crippen molar-refractivity contribution in [2.24, 2.45) is 0 Å². The number of anilines is 1. The van der Waals surface area contributed by atoms with Crippen molar-refractivity contribution < 1.29 is 9.53 Å². The molecule has 0 saturated heterocycles. The van der Waals surface area contributed by atoms with Gasteiger partial charge >= 0.3 is 6.09 Å². The van der Waals surface area contributed by atoms with Gasteiger partial charge in [-0.3, -0.25) is 10.1 Å². The first kappa shape index (κ1) is 24.5. The molecule has 0 bridgehead atoms. The standard InChI is InChI=1S/C26H22ClN9O3/c1-14-18(5-8-23(30-14)32-26(38)39-2)20-12-28-25(31-20)22-7-4-17-9-15(10-24(37)36(17)22)19-11-16(27)3-6-21(19)35-13-29-33-34-35/h3,5-6,8-13,22H,4,7H2,1-2H3,(H,28,31)(H,30,32,38)/t22-/m0/s1. The van der Waals surface area contributed by atoms with E-state index in [-0.39, 0.29) is 11.6 Å². The van der Waals surface area contributed by atoms with Gasteiger partial charge in [0.25, 0.3) is 5.56 Å². The minimum Gasteiger partial charge on any atom is -0.453 e. The van der Waals surface area contributed by atoms with Gasteiger partial charge in [0.2, 0.25) is 0 Å². The highest BCUT2D eigenvalue weighted by molar-refractivity contribution is 6.31. The second-order valence-corrected chi connectivity index (χ2v) is 9.48. The Morgan fingerprint density at radius 2 is 2.05 bits per heavy atom. The van der Waals surface area contributed by atoms with Crippen LogP contribution >= 0.6 is 11.6 Å². The van der Waals surface area contributed by atoms with E-state index in [9.17, 15) is 9.59 Å². The summed E-state index contributed by atoms with van der Waals surface area (Å²) >= 11 is 6.30. The molecule has 1 amide bonds. The number of carbonyl (C=O) groups is 1. The number of halogens is 1. The van der Waals surface area contributed by atoms with Crippen molar-refractivity contribution in [1.29, 1.82) is 0 Å². The number of imidazole rings is 1. The topological polar surface area (TPSA) is 146 Å². The molecule has 1 aromatic carbocycles. The maximum absolute atomic E-state index is 13.4. The van der Waals surface area contributed by atoms with Gasteiger partial charge in [0.1, 0.15) is 18.0 Å². The Hall–Kier alpha value is -4.84. The second-order valence-electron chi connectivity index (χ2n) is 9.04. The van der Waals surface area contributed by atoms with Crippen LogP contribution in [0.2, 0.25) is 5.02 Å². The molecule has 0 aliphatic carbocycles. The number of ether oxygens (including phenoxy) is 1. The lowest BCUT2D eigenvalue weighted by atomic mass is 10.0. The van der Waals surface area contributed by atoms with Crippen molar-refractivity contribution in [2.45, 2.75) is 25.8 Å². The monoisotopic (exact) mass is 543 g/mol. The number of benzene rings is 1. The van der Waals surface area contributed by atoms with Gasteiger partial charge in [0, 0.05) is 33.6 Å². The molecule has 1 aliphatic heterocycles. The first-order chi connectivity index (χ1) is 18.9. The van der Waals surface area contributed by atoms with Crippen molar-refractivity contribution in [3.8, 4) is 28.1 Å². The summed E-state index contributed by atoms with van der Waals surface area (Å²) in [5, 5.41) is 14.5. The van der Waals surface area contributed by atoms with E-state index in [1.807, 2.05) is 25.1 Å². The van der Waals surface area contributed by atoms with E-state index in [1.165, 1.54) is 13.4 Å². The Morgan fingerprint density at radius 3 is 2.82 bits per heavy atom. The highest BCUT2D eigenvalue weighted by atomic mass is 35.5. The van der Waals surface area contributed by atoms with E-state index in [0.717, 1.165) is 40.2 Å². The third-order valence-electron chi connectivity index (χ3n) is 6.70. The number of nitrogens with one attached hydrogen (secondary N) is 2. The number of aromatic nitrogens is 8. The van der Waals surface area contributed by atoms with Crippen LogP contribution < -0.4 is 10.9 Å². The summed E-state index contributed by atoms with van der Waals surface area (Å²) in [5.41, 5.74) is 5.28. The Kier molecular flexibility index (Phi) is 6.15. The van der Waals surface area contributed by atoms with Crippen molar-refractivity contribution in [3.05, 3.63) is 87.6 Å². The lowest BCUT2D eigenvalue weighted by Crippen LogP contribution is -2.23. The molecular weight excluding hydrogens is 522 g/mol. The van der Waals surface area contributed by atoms with Crippen LogP contribution in [-0.4, -0.2) is 52.9 Å². The van der Waals surface area contributed by atoms with Gasteiger partial charge in [-0.1, -0.05) is 11.6 Å². The largest absolute Gasteiger partial charge is 0.453 e. The molecule has 0 unspecified atom stereocenters. The zero-order chi connectivity index (χ0) is 27.1. The van der Waals surface area contributed by atoms with Crippen molar-refractivity contribution >= 4 is 23.5 Å². The van der Waals surface area contributed by atoms with E-state index >= 15 is 0 Å². The molecule has 13 heteroatoms. The normalized spacial score (nSPS) is 14.3. The summed E-state index contributed by atoms with van der Waals surface area (Å²) in [4.78, 5) is 37.3. The fourth-order valence-electron chi connectivity index (χ4n) is 4.93. The molecule has 39 heavy (non-hydrogen) atoms. The van der Waals surface area contributed by atoms with Crippen LogP contribution in [0.25, 0.3) is 28.1 Å². The smallest absolute Gasteiger partial charge is 0.412 e. The van der Waals surface area contributed by atoms with E-state index in [0.29, 0.717) is 28.8 Å². The lowest BCUT2D eigenvalue weighted by molar-refractivity contribution is 0.187. The number of fused-ring (bicyclic) bond motifs is 1. The fraction of sp³-hybridized carbons (Fsp3) is 0.192. The number of pyridine rings is 2. The molecule has 1 atom stereocenters. The number of rotatable bonds is 5. The molecular formula is C26H22ClN9O3. The number of methoxy groups -OCH3 is 1. The van der Waals surface area contributed by atoms with Crippen LogP contribution in [0.1, 0.15) is 29.7 Å². The maximum Gasteiger partial charge on any atom is 0.412 e. The predicted octanol–water partition coefficient (Wildman–Crippen LogP) is 3.95. The zero-order valence-corrected chi connectivity index (χ0v) is 21.7. The molecule has 0 spiro atoms. The van der Waals surface area contributed by atoms with Gasteiger partial charge in [-0.2, -0.15) is 4.68 Å². The molecule has 196 valence electrons. The summed E-state index contributed by atoms with van der Waals surface area (Å²) in [6.45, 7) is 1.84. The lowest BCUT2D eigenvalue weighted by Gasteiger charge is -2.15. The molecule has 1 aliphatic rings. The van der Waals surface area contributed by atoms with Gasteiger partial charge < -0.3 is 14.3 Å². The summed E-state index contributed by atoms with van der Waals surface area (Å²) in [5.74, 6) is 1.07. The quantitative estimate of drug-likeness (QED) is 0.339. The number of nitrogens with zero attached hydrogens (tertiary/aromatic N) is 7. The first-order valence-electron chi connectivity index (χ1n) is 12.1. The van der Waals surface area contributed by atoms with E-state index < -0.39 is 6.09 Å². The van der Waals surface area contributed by atoms with Gasteiger partial charge in [-0.15, -0.1) is 5.10 Å². The minimum absolute atomic E-state index is 0.137. The number of carbonyl (C=O) groups excluding carboxylic acids is 1. The van der Waals surface area contributed by atoms with E-state index in [1.54, 1.807) is 39.7 Å². The Balaban J connectivity index is 1.32. The van der Waals surface area contributed by atoms with Gasteiger partial charge in [0.15, 0.2) is 0 Å². The molecule has 0 saturated carbocycles. The second kappa shape index (κ2) is 9.80. The van der Waals surface area contributed by atoms with Crippen LogP contribution in [0, 0.1) is 6.92 Å². The molecule has 2 N–H and O–H groups in total. The number of aromatic amines is 1. The van der Waals surface area contributed by atoms with E-state index in [4.69, 9.17) is 11.6 Å². The average molecular weight is 544 g/mol. The van der Waals surface area contributed by atoms with Crippen LogP contribution in [0.15, 0.2) is 59.8 Å². The number of H-pyrrole nitrogens is 1. The SMILES string of the molecule is COC(=O)Nc1ccc(-c2cnc([C@@H]3CCc4cc(-c5cc(Cl)ccc5-n5cnnn5)cc(=O)n43)[nH]2)c(C)n1. The molecule has 6 rings (SSSR count). The maximum atomic E-state index is 13.4. The van der Waals surface area contributed by atoms with Gasteiger partial charge in [-0.05, 0) is 72.2 Å². The first-order valence-corrected chi connectivity index (χ1v) is 12.5. The Morgan fingerprint density at radius 1 is 1.18 bits per heavy atom. The molecule has 4 aromatic heterocycles. The molecule has 5 aromatic rings. The van der Waals surface area contributed by atoms with Crippen molar-refractivity contribution in [2.75, 3.05) is 12.4 Å². The van der Waals surface area contributed by atoms with Crippen LogP contribution in [0.4, 0.5) is 10.6 Å². The third-order valence-corrected chi connectivity index (χ3v) is 6.94. The number of tetrazole rings is 1. The van der Waals surface area contributed by atoms with Crippen LogP contribution in [-0.2, 0) is 11.2 Å². The highest BCUT2D eigenvalue weighted by Crippen LogP contribution is 2.34. The number of amides is 1. The molecule has 0 fully saturated rings. The molecule has 12 nitrogen and oxygen atoms in total. The predicted molar refractivity (Wildman–Crippen MR) is 143 cm³/mol. The third kappa shape index (κ3) is 4.55. The van der Waals surface area contributed by atoms with E-state index in [2.05, 4.69) is 40.5 Å². The Bertz CT molecular complexity index is 1760. The van der Waals surface area contributed by atoms with Crippen molar-refractivity contribution in [1.82, 2.24) is 39.7 Å². The fourth-order valence-corrected chi connectivity index (χ4v) is 5.11. The van der Waals surface area contributed by atoms with Crippen LogP contribution in [0.3, 0.4) is 0 Å². The summed E-state index contributed by atoms with van der Waals surface area (Å²) in [6.07, 6.45) is 4.07. The molecule has 5 heterocycles. The van der Waals surface area contributed by atoms with Gasteiger partial charge in [0.05, 0.1) is 30.7 Å². The summed E-state index contributed by atoms with van der Waals surface area (Å²) in [7, 11) is 1.29. The van der Waals surface area contributed by atoms with Crippen LogP contribution in [0.5, 0.6) is 0 Å². The van der Waals surface area contributed by atoms with Crippen molar-refractivity contribution in [3.63, 3.8) is 0 Å². The zero-order valence-electron chi connectivity index (χ0n) is 20.9. The number of hydrogen-bond acceptors (Lipinski definition) is 8. The summed E-state index contributed by atoms with van der Waals surface area (Å²) < 4.78 is 7.94. The highest BCUT2D eigenvalue weighted by Gasteiger charge is 2.28. The average Bonchev–Trinajstić information content (AvgIpc) is 3.69. The molecule has 0 radical (unpaired) electrons. The number of aryl methyl sites for hydroxylation is 2. The Labute approximate surface area is 226 Å². The summed E-state index contributed by atoms with van der Waals surface area (Å²) in [6, 6.07) is 12.3.